The van der Waals surface area contributed by atoms with E-state index < -0.39 is 0 Å². The van der Waals surface area contributed by atoms with Crippen LogP contribution in [0.2, 0.25) is 0 Å². The van der Waals surface area contributed by atoms with Gasteiger partial charge in [-0.25, -0.2) is 0 Å². The number of rotatable bonds is 5. The van der Waals surface area contributed by atoms with Gasteiger partial charge in [-0.05, 0) is 12.5 Å². The Bertz CT molecular complexity index is 257. The van der Waals surface area contributed by atoms with E-state index in [2.05, 4.69) is 23.4 Å². The molecule has 0 saturated carbocycles. The van der Waals surface area contributed by atoms with Crippen LogP contribution in [0.25, 0.3) is 0 Å². The second kappa shape index (κ2) is 4.99. The molecule has 0 radical (unpaired) electrons. The lowest BCUT2D eigenvalue weighted by Crippen LogP contribution is -2.19. The maximum absolute atomic E-state index is 8.58. The molecule has 4 heteroatoms. The Morgan fingerprint density at radius 2 is 2.38 bits per heavy atom. The molecule has 0 atom stereocenters. The van der Waals surface area contributed by atoms with E-state index in [4.69, 9.17) is 5.11 Å². The van der Waals surface area contributed by atoms with E-state index in [9.17, 15) is 0 Å². The second-order valence-corrected chi connectivity index (χ2v) is 3.00. The van der Waals surface area contributed by atoms with E-state index in [1.54, 1.807) is 0 Å². The first kappa shape index (κ1) is 10.2. The van der Waals surface area contributed by atoms with Crippen molar-refractivity contribution < 1.29 is 5.11 Å². The van der Waals surface area contributed by atoms with E-state index in [1.165, 1.54) is 0 Å². The van der Waals surface area contributed by atoms with Gasteiger partial charge in [0.2, 0.25) is 0 Å². The Labute approximate surface area is 78.6 Å². The van der Waals surface area contributed by atoms with Crippen LogP contribution in [0.3, 0.4) is 0 Å². The molecular weight excluding hydrogens is 166 g/mol. The topological polar surface area (TPSA) is 50.1 Å². The molecule has 0 aromatic carbocycles. The fourth-order valence-electron chi connectivity index (χ4n) is 1.21. The fraction of sp³-hybridized carbons (Fsp3) is 0.667. The van der Waals surface area contributed by atoms with Gasteiger partial charge in [0.1, 0.15) is 0 Å². The molecule has 1 heterocycles. The van der Waals surface area contributed by atoms with Gasteiger partial charge in [0.15, 0.2) is 0 Å². The van der Waals surface area contributed by atoms with Gasteiger partial charge >= 0.3 is 0 Å². The van der Waals surface area contributed by atoms with Crippen LogP contribution in [0.4, 0.5) is 0 Å². The van der Waals surface area contributed by atoms with Crippen LogP contribution < -0.4 is 5.32 Å². The number of aliphatic hydroxyl groups excluding tert-OH is 1. The second-order valence-electron chi connectivity index (χ2n) is 3.00. The summed E-state index contributed by atoms with van der Waals surface area (Å²) in [4.78, 5) is 0. The number of hydrogen-bond donors (Lipinski definition) is 2. The van der Waals surface area contributed by atoms with E-state index in [1.807, 2.05) is 11.7 Å². The SMILES string of the molecule is CCc1cc(CNCCO)n(C)n1. The van der Waals surface area contributed by atoms with Crippen molar-refractivity contribution in [2.24, 2.45) is 7.05 Å². The smallest absolute Gasteiger partial charge is 0.0625 e. The third-order valence-electron chi connectivity index (χ3n) is 1.98. The molecule has 1 rings (SSSR count). The van der Waals surface area contributed by atoms with Gasteiger partial charge in [-0.2, -0.15) is 5.10 Å². The molecule has 0 fully saturated rings. The summed E-state index contributed by atoms with van der Waals surface area (Å²) in [5.74, 6) is 0. The minimum atomic E-state index is 0.179. The van der Waals surface area contributed by atoms with E-state index in [-0.39, 0.29) is 6.61 Å². The highest BCUT2D eigenvalue weighted by Crippen LogP contribution is 2.02. The maximum atomic E-state index is 8.58. The zero-order chi connectivity index (χ0) is 9.68. The summed E-state index contributed by atoms with van der Waals surface area (Å²) in [5, 5.41) is 16.0. The van der Waals surface area contributed by atoms with Crippen LogP contribution in [0.15, 0.2) is 6.07 Å². The van der Waals surface area contributed by atoms with Gasteiger partial charge in [0.05, 0.1) is 18.0 Å². The molecule has 0 aliphatic carbocycles. The Morgan fingerprint density at radius 3 is 2.92 bits per heavy atom. The van der Waals surface area contributed by atoms with Crippen molar-refractivity contribution in [1.29, 1.82) is 0 Å². The Balaban J connectivity index is 2.50. The monoisotopic (exact) mass is 183 g/mol. The largest absolute Gasteiger partial charge is 0.395 e. The molecule has 0 aliphatic rings. The molecule has 0 amide bonds. The highest BCUT2D eigenvalue weighted by Gasteiger charge is 2.01. The molecule has 0 bridgehead atoms. The average Bonchev–Trinajstić information content (AvgIpc) is 2.48. The van der Waals surface area contributed by atoms with Gasteiger partial charge < -0.3 is 10.4 Å². The summed E-state index contributed by atoms with van der Waals surface area (Å²) in [6, 6.07) is 2.09. The molecule has 0 unspecified atom stereocenters. The molecule has 1 aromatic rings. The van der Waals surface area contributed by atoms with Crippen LogP contribution in [-0.4, -0.2) is 28.0 Å². The number of aromatic nitrogens is 2. The maximum Gasteiger partial charge on any atom is 0.0625 e. The normalized spacial score (nSPS) is 10.7. The quantitative estimate of drug-likeness (QED) is 0.635. The molecule has 1 aromatic heterocycles. The summed E-state index contributed by atoms with van der Waals surface area (Å²) in [5.41, 5.74) is 2.27. The zero-order valence-corrected chi connectivity index (χ0v) is 8.25. The predicted molar refractivity (Wildman–Crippen MR) is 51.4 cm³/mol. The van der Waals surface area contributed by atoms with Gasteiger partial charge in [-0.1, -0.05) is 6.92 Å². The summed E-state index contributed by atoms with van der Waals surface area (Å²) in [7, 11) is 1.94. The molecule has 2 N–H and O–H groups in total. The Hall–Kier alpha value is -0.870. The van der Waals surface area contributed by atoms with Crippen LogP contribution in [0.1, 0.15) is 18.3 Å². The van der Waals surface area contributed by atoms with Crippen molar-refractivity contribution in [3.05, 3.63) is 17.5 Å². The predicted octanol–water partition coefficient (Wildman–Crippen LogP) is 0.0644. The summed E-state index contributed by atoms with van der Waals surface area (Å²) < 4.78 is 1.88. The lowest BCUT2D eigenvalue weighted by molar-refractivity contribution is 0.291. The van der Waals surface area contributed by atoms with Gasteiger partial charge in [0.25, 0.3) is 0 Å². The molecule has 0 saturated heterocycles. The summed E-state index contributed by atoms with van der Waals surface area (Å²) >= 11 is 0. The van der Waals surface area contributed by atoms with Crippen LogP contribution >= 0.6 is 0 Å². The van der Waals surface area contributed by atoms with Gasteiger partial charge in [0, 0.05) is 20.1 Å². The number of nitrogens with zero attached hydrogens (tertiary/aromatic N) is 2. The molecule has 74 valence electrons. The lowest BCUT2D eigenvalue weighted by Gasteiger charge is -2.01. The van der Waals surface area contributed by atoms with Crippen molar-refractivity contribution in [1.82, 2.24) is 15.1 Å². The first-order valence-corrected chi connectivity index (χ1v) is 4.61. The lowest BCUT2D eigenvalue weighted by atomic mass is 10.3. The van der Waals surface area contributed by atoms with Crippen LogP contribution in [0.5, 0.6) is 0 Å². The number of hydrogen-bond acceptors (Lipinski definition) is 3. The van der Waals surface area contributed by atoms with E-state index in [0.29, 0.717) is 6.54 Å². The van der Waals surface area contributed by atoms with E-state index in [0.717, 1.165) is 24.4 Å². The number of nitrogens with one attached hydrogen (secondary N) is 1. The third kappa shape index (κ3) is 2.82. The first-order valence-electron chi connectivity index (χ1n) is 4.61. The van der Waals surface area contributed by atoms with Crippen LogP contribution in [-0.2, 0) is 20.0 Å². The minimum Gasteiger partial charge on any atom is -0.395 e. The number of aryl methyl sites for hydroxylation is 2. The highest BCUT2D eigenvalue weighted by atomic mass is 16.3. The molecule has 13 heavy (non-hydrogen) atoms. The summed E-state index contributed by atoms with van der Waals surface area (Å²) in [6.45, 7) is 3.67. The molecule has 0 spiro atoms. The Kier molecular flexibility index (Phi) is 3.92. The third-order valence-corrected chi connectivity index (χ3v) is 1.98. The molecule has 4 nitrogen and oxygen atoms in total. The standard InChI is InChI=1S/C9H17N3O/c1-3-8-6-9(12(2)11-8)7-10-4-5-13/h6,10,13H,3-5,7H2,1-2H3. The van der Waals surface area contributed by atoms with Gasteiger partial charge in [-0.15, -0.1) is 0 Å². The zero-order valence-electron chi connectivity index (χ0n) is 8.25. The van der Waals surface area contributed by atoms with E-state index >= 15 is 0 Å². The number of aliphatic hydroxyl groups is 1. The molecular formula is C9H17N3O. The van der Waals surface area contributed by atoms with Crippen molar-refractivity contribution in [2.75, 3.05) is 13.2 Å². The average molecular weight is 183 g/mol. The fourth-order valence-corrected chi connectivity index (χ4v) is 1.21. The van der Waals surface area contributed by atoms with Crippen molar-refractivity contribution in [3.8, 4) is 0 Å². The van der Waals surface area contributed by atoms with Crippen molar-refractivity contribution in [3.63, 3.8) is 0 Å². The van der Waals surface area contributed by atoms with Gasteiger partial charge in [-0.3, -0.25) is 4.68 Å². The Morgan fingerprint density at radius 1 is 1.62 bits per heavy atom. The van der Waals surface area contributed by atoms with Crippen LogP contribution in [0, 0.1) is 0 Å². The molecule has 0 aliphatic heterocycles. The first-order chi connectivity index (χ1) is 6.27. The summed E-state index contributed by atoms with van der Waals surface area (Å²) in [6.07, 6.45) is 0.966. The highest BCUT2D eigenvalue weighted by molar-refractivity contribution is 5.09. The van der Waals surface area contributed by atoms with Crippen molar-refractivity contribution >= 4 is 0 Å². The minimum absolute atomic E-state index is 0.179. The van der Waals surface area contributed by atoms with Crippen molar-refractivity contribution in [2.45, 2.75) is 19.9 Å².